The average molecular weight is 326 g/mol. The van der Waals surface area contributed by atoms with Crippen LogP contribution in [0.3, 0.4) is 0 Å². The van der Waals surface area contributed by atoms with Gasteiger partial charge in [0.25, 0.3) is 0 Å². The molecule has 0 saturated carbocycles. The Kier molecular flexibility index (Phi) is 6.13. The van der Waals surface area contributed by atoms with E-state index in [9.17, 15) is 5.11 Å². The number of hydrogen-bond acceptors (Lipinski definition) is 3. The summed E-state index contributed by atoms with van der Waals surface area (Å²) in [5, 5.41) is 11.1. The van der Waals surface area contributed by atoms with Gasteiger partial charge in [0.2, 0.25) is 0 Å². The van der Waals surface area contributed by atoms with Gasteiger partial charge in [-0.05, 0) is 63.8 Å². The first-order valence-corrected chi connectivity index (χ1v) is 8.59. The number of aryl methyl sites for hydroxylation is 2. The monoisotopic (exact) mass is 325 g/mol. The van der Waals surface area contributed by atoms with Crippen LogP contribution in [0.2, 0.25) is 5.02 Å². The lowest BCUT2D eigenvalue weighted by Gasteiger charge is -2.40. The minimum Gasteiger partial charge on any atom is -0.491 e. The summed E-state index contributed by atoms with van der Waals surface area (Å²) in [5.41, 5.74) is 2.01. The molecule has 0 radical (unpaired) electrons. The molecule has 0 bridgehead atoms. The summed E-state index contributed by atoms with van der Waals surface area (Å²) in [6.45, 7) is 9.42. The maximum absolute atomic E-state index is 10.3. The van der Waals surface area contributed by atoms with Gasteiger partial charge in [-0.2, -0.15) is 0 Å². The number of β-amino-alcohol motifs (C(OH)–C–C–N with tert-alkyl or cyclic N) is 1. The van der Waals surface area contributed by atoms with Crippen molar-refractivity contribution in [2.75, 3.05) is 13.2 Å². The average Bonchev–Trinajstić information content (AvgIpc) is 2.46. The zero-order valence-corrected chi connectivity index (χ0v) is 14.9. The van der Waals surface area contributed by atoms with Gasteiger partial charge in [-0.1, -0.05) is 18.0 Å². The molecule has 0 aliphatic carbocycles. The van der Waals surface area contributed by atoms with Gasteiger partial charge in [0.1, 0.15) is 18.5 Å². The predicted octanol–water partition coefficient (Wildman–Crippen LogP) is 3.96. The van der Waals surface area contributed by atoms with Crippen LogP contribution in [-0.2, 0) is 0 Å². The Morgan fingerprint density at radius 3 is 2.32 bits per heavy atom. The highest BCUT2D eigenvalue weighted by Gasteiger charge is 2.26. The Labute approximate surface area is 139 Å². The molecular formula is C18H28ClNO2. The topological polar surface area (TPSA) is 32.7 Å². The lowest BCUT2D eigenvalue weighted by atomic mass is 9.97. The van der Waals surface area contributed by atoms with E-state index >= 15 is 0 Å². The van der Waals surface area contributed by atoms with Crippen LogP contribution in [0.5, 0.6) is 5.75 Å². The molecule has 0 spiro atoms. The van der Waals surface area contributed by atoms with Crippen LogP contribution in [0.15, 0.2) is 12.1 Å². The summed E-state index contributed by atoms with van der Waals surface area (Å²) in [6, 6.07) is 4.93. The molecule has 3 atom stereocenters. The highest BCUT2D eigenvalue weighted by molar-refractivity contribution is 6.32. The summed E-state index contributed by atoms with van der Waals surface area (Å²) in [7, 11) is 0. The molecule has 124 valence electrons. The first-order valence-electron chi connectivity index (χ1n) is 8.22. The van der Waals surface area contributed by atoms with Crippen molar-refractivity contribution < 1.29 is 9.84 Å². The van der Waals surface area contributed by atoms with Crippen LogP contribution in [0, 0.1) is 13.8 Å². The molecule has 0 unspecified atom stereocenters. The smallest absolute Gasteiger partial charge is 0.120 e. The van der Waals surface area contributed by atoms with Gasteiger partial charge < -0.3 is 9.84 Å². The summed E-state index contributed by atoms with van der Waals surface area (Å²) in [6.07, 6.45) is 3.25. The number of halogens is 1. The third kappa shape index (κ3) is 4.37. The Hall–Kier alpha value is -0.770. The van der Waals surface area contributed by atoms with Crippen molar-refractivity contribution in [1.82, 2.24) is 4.90 Å². The van der Waals surface area contributed by atoms with E-state index in [1.54, 1.807) is 0 Å². The van der Waals surface area contributed by atoms with Gasteiger partial charge in [0.15, 0.2) is 0 Å². The molecule has 1 saturated heterocycles. The molecule has 0 aromatic heterocycles. The fourth-order valence-corrected chi connectivity index (χ4v) is 3.42. The molecule has 4 heteroatoms. The van der Waals surface area contributed by atoms with Crippen LogP contribution in [0.4, 0.5) is 0 Å². The summed E-state index contributed by atoms with van der Waals surface area (Å²) in [4.78, 5) is 2.40. The number of aliphatic hydroxyl groups is 1. The Morgan fingerprint density at radius 1 is 1.23 bits per heavy atom. The molecule has 2 rings (SSSR count). The lowest BCUT2D eigenvalue weighted by molar-refractivity contribution is 0.0208. The molecule has 1 aliphatic heterocycles. The number of piperidine rings is 1. The summed E-state index contributed by atoms with van der Waals surface area (Å²) in [5.74, 6) is 0.776. The van der Waals surface area contributed by atoms with E-state index in [0.29, 0.717) is 25.2 Å². The Morgan fingerprint density at radius 2 is 1.77 bits per heavy atom. The second-order valence-electron chi connectivity index (χ2n) is 6.66. The molecule has 1 N–H and O–H groups in total. The minimum atomic E-state index is -0.473. The predicted molar refractivity (Wildman–Crippen MR) is 91.9 cm³/mol. The van der Waals surface area contributed by atoms with Crippen molar-refractivity contribution in [3.8, 4) is 5.75 Å². The highest BCUT2D eigenvalue weighted by atomic mass is 35.5. The molecule has 1 aromatic carbocycles. The normalized spacial score (nSPS) is 24.3. The minimum absolute atomic E-state index is 0.316. The van der Waals surface area contributed by atoms with E-state index in [2.05, 4.69) is 18.7 Å². The van der Waals surface area contributed by atoms with E-state index in [0.717, 1.165) is 21.9 Å². The third-order valence-electron chi connectivity index (χ3n) is 4.65. The molecule has 0 amide bonds. The fourth-order valence-electron chi connectivity index (χ4n) is 3.31. The first kappa shape index (κ1) is 17.6. The Bertz CT molecular complexity index is 473. The molecule has 3 nitrogen and oxygen atoms in total. The zero-order valence-electron chi connectivity index (χ0n) is 14.1. The van der Waals surface area contributed by atoms with Crippen molar-refractivity contribution in [3.63, 3.8) is 0 Å². The van der Waals surface area contributed by atoms with Gasteiger partial charge in [0.05, 0.1) is 0 Å². The molecule has 1 heterocycles. The van der Waals surface area contributed by atoms with Crippen molar-refractivity contribution in [2.45, 2.75) is 65.1 Å². The maximum atomic E-state index is 10.3. The highest BCUT2D eigenvalue weighted by Crippen LogP contribution is 2.26. The summed E-state index contributed by atoms with van der Waals surface area (Å²) < 4.78 is 5.76. The molecule has 1 fully saturated rings. The number of likely N-dealkylation sites (tertiary alicyclic amines) is 1. The SMILES string of the molecule is Cc1cc(OC[C@H](O)CN2[C@@H](C)CCC[C@@H]2C)cc(C)c1Cl. The van der Waals surface area contributed by atoms with Crippen molar-refractivity contribution in [1.29, 1.82) is 0 Å². The van der Waals surface area contributed by atoms with Crippen molar-refractivity contribution >= 4 is 11.6 Å². The molecule has 1 aliphatic rings. The van der Waals surface area contributed by atoms with Gasteiger partial charge in [-0.25, -0.2) is 0 Å². The number of benzene rings is 1. The Balaban J connectivity index is 1.88. The van der Waals surface area contributed by atoms with Gasteiger partial charge in [-0.15, -0.1) is 0 Å². The lowest BCUT2D eigenvalue weighted by Crippen LogP contribution is -2.48. The second kappa shape index (κ2) is 7.67. The largest absolute Gasteiger partial charge is 0.491 e. The van der Waals surface area contributed by atoms with Crippen molar-refractivity contribution in [2.24, 2.45) is 0 Å². The van der Waals surface area contributed by atoms with Crippen LogP contribution >= 0.6 is 11.6 Å². The van der Waals surface area contributed by atoms with Gasteiger partial charge in [0, 0.05) is 23.7 Å². The fraction of sp³-hybridized carbons (Fsp3) is 0.667. The number of hydrogen-bond donors (Lipinski definition) is 1. The van der Waals surface area contributed by atoms with E-state index in [4.69, 9.17) is 16.3 Å². The maximum Gasteiger partial charge on any atom is 0.120 e. The zero-order chi connectivity index (χ0) is 16.3. The van der Waals surface area contributed by atoms with E-state index < -0.39 is 6.10 Å². The first-order chi connectivity index (χ1) is 10.4. The number of aliphatic hydroxyl groups excluding tert-OH is 1. The number of ether oxygens (including phenoxy) is 1. The van der Waals surface area contributed by atoms with Gasteiger partial charge >= 0.3 is 0 Å². The quantitative estimate of drug-likeness (QED) is 0.889. The molecule has 22 heavy (non-hydrogen) atoms. The van der Waals surface area contributed by atoms with Crippen LogP contribution in [0.1, 0.15) is 44.2 Å². The van der Waals surface area contributed by atoms with E-state index in [1.165, 1.54) is 19.3 Å². The third-order valence-corrected chi connectivity index (χ3v) is 5.25. The molecular weight excluding hydrogens is 298 g/mol. The summed E-state index contributed by atoms with van der Waals surface area (Å²) >= 11 is 6.16. The van der Waals surface area contributed by atoms with E-state index in [1.807, 2.05) is 26.0 Å². The van der Waals surface area contributed by atoms with E-state index in [-0.39, 0.29) is 0 Å². The molecule has 1 aromatic rings. The second-order valence-corrected chi connectivity index (χ2v) is 7.04. The standard InChI is InChI=1S/C18H28ClNO2/c1-12-8-17(9-13(2)18(12)19)22-11-16(21)10-20-14(3)6-5-7-15(20)4/h8-9,14-16,21H,5-7,10-11H2,1-4H3/t14-,15-,16+/m0/s1. The van der Waals surface area contributed by atoms with Crippen molar-refractivity contribution in [3.05, 3.63) is 28.3 Å². The van der Waals surface area contributed by atoms with Crippen LogP contribution in [0.25, 0.3) is 0 Å². The number of nitrogens with zero attached hydrogens (tertiary/aromatic N) is 1. The van der Waals surface area contributed by atoms with Gasteiger partial charge in [-0.3, -0.25) is 4.90 Å². The van der Waals surface area contributed by atoms with Crippen LogP contribution < -0.4 is 4.74 Å². The van der Waals surface area contributed by atoms with Crippen LogP contribution in [-0.4, -0.2) is 41.3 Å². The number of rotatable bonds is 5.